The molecule has 7 nitrogen and oxygen atoms in total. The second-order valence-corrected chi connectivity index (χ2v) is 7.90. The van der Waals surface area contributed by atoms with Crippen LogP contribution in [0.15, 0.2) is 58.3 Å². The minimum Gasteiger partial charge on any atom is -0.461 e. The van der Waals surface area contributed by atoms with Gasteiger partial charge in [-0.2, -0.15) is 0 Å². The third kappa shape index (κ3) is 4.71. The minimum atomic E-state index is 0.152. The van der Waals surface area contributed by atoms with Gasteiger partial charge in [0.05, 0.1) is 18.6 Å². The Balaban J connectivity index is 1.47. The van der Waals surface area contributed by atoms with Gasteiger partial charge in [-0.05, 0) is 24.2 Å². The third-order valence-corrected chi connectivity index (χ3v) is 6.09. The number of rotatable bonds is 7. The maximum atomic E-state index is 12.7. The van der Waals surface area contributed by atoms with Gasteiger partial charge in [0.1, 0.15) is 0 Å². The maximum absolute atomic E-state index is 12.7. The Kier molecular flexibility index (Phi) is 6.31. The summed E-state index contributed by atoms with van der Waals surface area (Å²) < 4.78 is 7.56. The molecule has 2 aromatic heterocycles. The smallest absolute Gasteiger partial charge is 0.233 e. The first-order chi connectivity index (χ1) is 14.2. The SMILES string of the molecule is CCN1CCN(C(=O)CSc2nnc(-c3ccco3)n2Cc2ccccc2)CC1. The van der Waals surface area contributed by atoms with Gasteiger partial charge in [0.25, 0.3) is 0 Å². The molecule has 0 saturated carbocycles. The fraction of sp³-hybridized carbons (Fsp3) is 0.381. The number of furan rings is 1. The highest BCUT2D eigenvalue weighted by molar-refractivity contribution is 7.99. The molecule has 0 atom stereocenters. The summed E-state index contributed by atoms with van der Waals surface area (Å²) in [5.41, 5.74) is 1.14. The van der Waals surface area contributed by atoms with Gasteiger partial charge in [0.15, 0.2) is 10.9 Å². The lowest BCUT2D eigenvalue weighted by Crippen LogP contribution is -2.49. The molecule has 0 N–H and O–H groups in total. The van der Waals surface area contributed by atoms with Gasteiger partial charge in [0.2, 0.25) is 11.7 Å². The average molecular weight is 412 g/mol. The Labute approximate surface area is 174 Å². The molecular formula is C21H25N5O2S. The number of piperazine rings is 1. The summed E-state index contributed by atoms with van der Waals surface area (Å²) in [4.78, 5) is 17.0. The number of amides is 1. The van der Waals surface area contributed by atoms with E-state index < -0.39 is 0 Å². The monoisotopic (exact) mass is 411 g/mol. The van der Waals surface area contributed by atoms with E-state index in [1.165, 1.54) is 11.8 Å². The van der Waals surface area contributed by atoms with Gasteiger partial charge in [-0.3, -0.25) is 9.36 Å². The second-order valence-electron chi connectivity index (χ2n) is 6.96. The van der Waals surface area contributed by atoms with Crippen molar-refractivity contribution in [3.05, 3.63) is 54.3 Å². The van der Waals surface area contributed by atoms with Crippen LogP contribution in [0.5, 0.6) is 0 Å². The van der Waals surface area contributed by atoms with Crippen LogP contribution >= 0.6 is 11.8 Å². The summed E-state index contributed by atoms with van der Waals surface area (Å²) in [6.45, 7) is 7.29. The van der Waals surface area contributed by atoms with Crippen molar-refractivity contribution in [2.75, 3.05) is 38.5 Å². The highest BCUT2D eigenvalue weighted by atomic mass is 32.2. The van der Waals surface area contributed by atoms with Crippen LogP contribution in [0.3, 0.4) is 0 Å². The molecule has 0 aliphatic carbocycles. The van der Waals surface area contributed by atoms with Crippen LogP contribution in [0.1, 0.15) is 12.5 Å². The molecule has 152 valence electrons. The van der Waals surface area contributed by atoms with Crippen molar-refractivity contribution in [3.8, 4) is 11.6 Å². The van der Waals surface area contributed by atoms with Crippen molar-refractivity contribution in [1.82, 2.24) is 24.6 Å². The second kappa shape index (κ2) is 9.28. The van der Waals surface area contributed by atoms with E-state index in [0.29, 0.717) is 23.9 Å². The lowest BCUT2D eigenvalue weighted by atomic mass is 10.2. The van der Waals surface area contributed by atoms with Gasteiger partial charge in [0, 0.05) is 26.2 Å². The lowest BCUT2D eigenvalue weighted by molar-refractivity contribution is -0.130. The number of benzene rings is 1. The molecule has 29 heavy (non-hydrogen) atoms. The minimum absolute atomic E-state index is 0.152. The zero-order valence-electron chi connectivity index (χ0n) is 16.5. The zero-order valence-corrected chi connectivity index (χ0v) is 17.3. The molecule has 0 radical (unpaired) electrons. The van der Waals surface area contributed by atoms with Crippen molar-refractivity contribution in [1.29, 1.82) is 0 Å². The molecule has 1 aliphatic heterocycles. The van der Waals surface area contributed by atoms with Gasteiger partial charge < -0.3 is 14.2 Å². The number of hydrogen-bond acceptors (Lipinski definition) is 6. The number of likely N-dealkylation sites (N-methyl/N-ethyl adjacent to an activating group) is 1. The number of aromatic nitrogens is 3. The summed E-state index contributed by atoms with van der Waals surface area (Å²) in [5.74, 6) is 1.85. The van der Waals surface area contributed by atoms with Crippen LogP contribution < -0.4 is 0 Å². The summed E-state index contributed by atoms with van der Waals surface area (Å²) >= 11 is 1.44. The third-order valence-electron chi connectivity index (χ3n) is 5.14. The predicted molar refractivity (Wildman–Crippen MR) is 113 cm³/mol. The standard InChI is InChI=1S/C21H25N5O2S/c1-2-24-10-12-25(13-11-24)19(27)16-29-21-23-22-20(18-9-6-14-28-18)26(21)15-17-7-4-3-5-8-17/h3-9,14H,2,10-13,15-16H2,1H3. The van der Waals surface area contributed by atoms with E-state index in [1.54, 1.807) is 6.26 Å². The van der Waals surface area contributed by atoms with Crippen LogP contribution in [0, 0.1) is 0 Å². The molecule has 4 rings (SSSR count). The van der Waals surface area contributed by atoms with E-state index in [-0.39, 0.29) is 5.91 Å². The van der Waals surface area contributed by atoms with Crippen molar-refractivity contribution in [3.63, 3.8) is 0 Å². The van der Waals surface area contributed by atoms with Crippen molar-refractivity contribution in [2.24, 2.45) is 0 Å². The molecule has 3 aromatic rings. The van der Waals surface area contributed by atoms with Crippen molar-refractivity contribution in [2.45, 2.75) is 18.6 Å². The van der Waals surface area contributed by atoms with Gasteiger partial charge >= 0.3 is 0 Å². The molecule has 1 aromatic carbocycles. The number of nitrogens with zero attached hydrogens (tertiary/aromatic N) is 5. The Morgan fingerprint density at radius 1 is 1.07 bits per heavy atom. The Morgan fingerprint density at radius 2 is 1.86 bits per heavy atom. The number of carbonyl (C=O) groups is 1. The quantitative estimate of drug-likeness (QED) is 0.557. The molecule has 1 fully saturated rings. The highest BCUT2D eigenvalue weighted by Crippen LogP contribution is 2.26. The first-order valence-corrected chi connectivity index (χ1v) is 10.9. The molecule has 1 amide bonds. The van der Waals surface area contributed by atoms with Gasteiger partial charge in [-0.1, -0.05) is 49.0 Å². The predicted octanol–water partition coefficient (Wildman–Crippen LogP) is 2.84. The number of hydrogen-bond donors (Lipinski definition) is 0. The maximum Gasteiger partial charge on any atom is 0.233 e. The molecular weight excluding hydrogens is 386 g/mol. The summed E-state index contributed by atoms with van der Waals surface area (Å²) in [7, 11) is 0. The van der Waals surface area contributed by atoms with E-state index in [9.17, 15) is 4.79 Å². The van der Waals surface area contributed by atoms with Crippen LogP contribution in [0.25, 0.3) is 11.6 Å². The molecule has 3 heterocycles. The van der Waals surface area contributed by atoms with E-state index >= 15 is 0 Å². The van der Waals surface area contributed by atoms with Gasteiger partial charge in [-0.25, -0.2) is 0 Å². The van der Waals surface area contributed by atoms with Crippen LogP contribution in [0.2, 0.25) is 0 Å². The largest absolute Gasteiger partial charge is 0.461 e. The Bertz CT molecular complexity index is 918. The fourth-order valence-corrected chi connectivity index (χ4v) is 4.26. The molecule has 1 saturated heterocycles. The normalized spacial score (nSPS) is 15.0. The van der Waals surface area contributed by atoms with Crippen LogP contribution in [0.4, 0.5) is 0 Å². The topological polar surface area (TPSA) is 67.4 Å². The Hall–Kier alpha value is -2.58. The van der Waals surface area contributed by atoms with Gasteiger partial charge in [-0.15, -0.1) is 10.2 Å². The Morgan fingerprint density at radius 3 is 2.55 bits per heavy atom. The van der Waals surface area contributed by atoms with Crippen LogP contribution in [-0.4, -0.2) is 68.9 Å². The summed E-state index contributed by atoms with van der Waals surface area (Å²) in [5, 5.41) is 9.40. The van der Waals surface area contributed by atoms with Crippen LogP contribution in [-0.2, 0) is 11.3 Å². The lowest BCUT2D eigenvalue weighted by Gasteiger charge is -2.34. The molecule has 0 bridgehead atoms. The van der Waals surface area contributed by atoms with E-state index in [4.69, 9.17) is 4.42 Å². The summed E-state index contributed by atoms with van der Waals surface area (Å²) in [6, 6.07) is 13.9. The first-order valence-electron chi connectivity index (χ1n) is 9.88. The summed E-state index contributed by atoms with van der Waals surface area (Å²) in [6.07, 6.45) is 1.63. The number of carbonyl (C=O) groups excluding carboxylic acids is 1. The van der Waals surface area contributed by atoms with E-state index in [1.807, 2.05) is 39.8 Å². The molecule has 0 spiro atoms. The molecule has 0 unspecified atom stereocenters. The molecule has 8 heteroatoms. The van der Waals surface area contributed by atoms with E-state index in [2.05, 4.69) is 34.2 Å². The highest BCUT2D eigenvalue weighted by Gasteiger charge is 2.22. The zero-order chi connectivity index (χ0) is 20.1. The first kappa shape index (κ1) is 19.7. The number of thioether (sulfide) groups is 1. The van der Waals surface area contributed by atoms with Crippen molar-refractivity contribution >= 4 is 17.7 Å². The van der Waals surface area contributed by atoms with Crippen molar-refractivity contribution < 1.29 is 9.21 Å². The fourth-order valence-electron chi connectivity index (χ4n) is 3.42. The van der Waals surface area contributed by atoms with E-state index in [0.717, 1.165) is 43.4 Å². The average Bonchev–Trinajstić information content (AvgIpc) is 3.43. The molecule has 1 aliphatic rings.